The Kier molecular flexibility index (Phi) is 4.45. The molecule has 0 saturated carbocycles. The third-order valence-corrected chi connectivity index (χ3v) is 2.27. The van der Waals surface area contributed by atoms with Crippen LogP contribution in [0.15, 0.2) is 18.2 Å². The summed E-state index contributed by atoms with van der Waals surface area (Å²) in [4.78, 5) is 21.5. The zero-order valence-electron chi connectivity index (χ0n) is 9.47. The van der Waals surface area contributed by atoms with E-state index in [0.717, 1.165) is 18.9 Å². The van der Waals surface area contributed by atoms with E-state index in [4.69, 9.17) is 0 Å². The molecule has 1 aromatic rings. The first-order chi connectivity index (χ1) is 8.07. The van der Waals surface area contributed by atoms with Gasteiger partial charge in [0.05, 0.1) is 10.5 Å². The summed E-state index contributed by atoms with van der Waals surface area (Å²) in [5, 5.41) is 22.7. The average Bonchev–Trinajstić information content (AvgIpc) is 2.29. The molecule has 0 aromatic heterocycles. The molecule has 92 valence electrons. The smallest absolute Gasteiger partial charge is 0.311 e. The monoisotopic (exact) mass is 238 g/mol. The van der Waals surface area contributed by atoms with Gasteiger partial charge in [-0.3, -0.25) is 14.9 Å². The van der Waals surface area contributed by atoms with Gasteiger partial charge in [0, 0.05) is 12.6 Å². The Bertz CT molecular complexity index is 431. The van der Waals surface area contributed by atoms with Crippen molar-refractivity contribution in [1.82, 2.24) is 5.32 Å². The second kappa shape index (κ2) is 5.83. The van der Waals surface area contributed by atoms with E-state index in [2.05, 4.69) is 5.32 Å². The van der Waals surface area contributed by atoms with E-state index >= 15 is 0 Å². The average molecular weight is 238 g/mol. The van der Waals surface area contributed by atoms with Crippen LogP contribution < -0.4 is 5.32 Å². The Labute approximate surface area is 98.4 Å². The largest absolute Gasteiger partial charge is 0.502 e. The minimum atomic E-state index is -0.724. The molecule has 2 N–H and O–H groups in total. The first kappa shape index (κ1) is 13.0. The summed E-state index contributed by atoms with van der Waals surface area (Å²) in [5.74, 6) is -1.09. The number of hydrogen-bond donors (Lipinski definition) is 2. The number of amides is 1. The number of nitrogens with zero attached hydrogens (tertiary/aromatic N) is 1. The first-order valence-corrected chi connectivity index (χ1v) is 5.32. The van der Waals surface area contributed by atoms with Crippen molar-refractivity contribution in [3.63, 3.8) is 0 Å². The number of carbonyl (C=O) groups is 1. The number of benzene rings is 1. The SMILES string of the molecule is CCCCNC(=O)c1cccc([N+](=O)[O-])c1O. The van der Waals surface area contributed by atoms with Crippen LogP contribution in [-0.4, -0.2) is 22.5 Å². The number of phenols is 1. The first-order valence-electron chi connectivity index (χ1n) is 5.32. The summed E-state index contributed by atoms with van der Waals surface area (Å²) in [6, 6.07) is 3.87. The molecule has 0 saturated heterocycles. The lowest BCUT2D eigenvalue weighted by Crippen LogP contribution is -2.24. The van der Waals surface area contributed by atoms with Crippen LogP contribution in [0.3, 0.4) is 0 Å². The van der Waals surface area contributed by atoms with Crippen molar-refractivity contribution in [3.05, 3.63) is 33.9 Å². The number of nitro groups is 1. The minimum Gasteiger partial charge on any atom is -0.502 e. The van der Waals surface area contributed by atoms with Gasteiger partial charge in [0.15, 0.2) is 0 Å². The normalized spacial score (nSPS) is 9.94. The number of carbonyl (C=O) groups excluding carboxylic acids is 1. The number of unbranched alkanes of at least 4 members (excludes halogenated alkanes) is 1. The number of hydrogen-bond acceptors (Lipinski definition) is 4. The van der Waals surface area contributed by atoms with Crippen LogP contribution in [-0.2, 0) is 0 Å². The molecule has 0 spiro atoms. The highest BCUT2D eigenvalue weighted by Gasteiger charge is 2.20. The molecular formula is C11H14N2O4. The number of nitro benzene ring substituents is 1. The Hall–Kier alpha value is -2.11. The van der Waals surface area contributed by atoms with E-state index in [1.807, 2.05) is 6.92 Å². The summed E-state index contributed by atoms with van der Waals surface area (Å²) in [6.07, 6.45) is 1.75. The highest BCUT2D eigenvalue weighted by atomic mass is 16.6. The number of rotatable bonds is 5. The van der Waals surface area contributed by atoms with Gasteiger partial charge in [-0.15, -0.1) is 0 Å². The van der Waals surface area contributed by atoms with Crippen LogP contribution in [0.1, 0.15) is 30.1 Å². The zero-order chi connectivity index (χ0) is 12.8. The molecule has 0 fully saturated rings. The van der Waals surface area contributed by atoms with E-state index in [0.29, 0.717) is 6.54 Å². The van der Waals surface area contributed by atoms with E-state index in [-0.39, 0.29) is 5.56 Å². The van der Waals surface area contributed by atoms with Crippen molar-refractivity contribution in [2.24, 2.45) is 0 Å². The maximum atomic E-state index is 11.6. The van der Waals surface area contributed by atoms with Gasteiger partial charge in [-0.2, -0.15) is 0 Å². The fourth-order valence-corrected chi connectivity index (χ4v) is 1.34. The van der Waals surface area contributed by atoms with Gasteiger partial charge in [-0.05, 0) is 12.5 Å². The summed E-state index contributed by atoms with van der Waals surface area (Å²) < 4.78 is 0. The van der Waals surface area contributed by atoms with Crippen LogP contribution in [0, 0.1) is 10.1 Å². The topological polar surface area (TPSA) is 92.5 Å². The molecule has 0 aliphatic heterocycles. The second-order valence-electron chi connectivity index (χ2n) is 3.54. The molecule has 0 atom stereocenters. The van der Waals surface area contributed by atoms with Crippen LogP contribution in [0.25, 0.3) is 0 Å². The third kappa shape index (κ3) is 3.17. The van der Waals surface area contributed by atoms with Crippen LogP contribution in [0.4, 0.5) is 5.69 Å². The maximum Gasteiger partial charge on any atom is 0.311 e. The van der Waals surface area contributed by atoms with Gasteiger partial charge in [-0.1, -0.05) is 19.4 Å². The summed E-state index contributed by atoms with van der Waals surface area (Å²) >= 11 is 0. The summed E-state index contributed by atoms with van der Waals surface area (Å²) in [6.45, 7) is 2.47. The third-order valence-electron chi connectivity index (χ3n) is 2.27. The van der Waals surface area contributed by atoms with Crippen molar-refractivity contribution in [2.75, 3.05) is 6.54 Å². The predicted octanol–water partition coefficient (Wildman–Crippen LogP) is 1.83. The Morgan fingerprint density at radius 2 is 2.24 bits per heavy atom. The molecule has 1 rings (SSSR count). The van der Waals surface area contributed by atoms with Crippen molar-refractivity contribution in [2.45, 2.75) is 19.8 Å². The molecule has 0 bridgehead atoms. The van der Waals surface area contributed by atoms with E-state index in [1.165, 1.54) is 12.1 Å². The lowest BCUT2D eigenvalue weighted by Gasteiger charge is -2.06. The Morgan fingerprint density at radius 3 is 2.82 bits per heavy atom. The van der Waals surface area contributed by atoms with Crippen LogP contribution >= 0.6 is 0 Å². The number of para-hydroxylation sites is 1. The molecule has 1 amide bonds. The van der Waals surface area contributed by atoms with Crippen molar-refractivity contribution in [1.29, 1.82) is 0 Å². The maximum absolute atomic E-state index is 11.6. The molecule has 6 nitrogen and oxygen atoms in total. The van der Waals surface area contributed by atoms with Crippen molar-refractivity contribution in [3.8, 4) is 5.75 Å². The molecule has 0 aliphatic rings. The number of phenolic OH excluding ortho intramolecular Hbond substituents is 1. The molecule has 0 aliphatic carbocycles. The van der Waals surface area contributed by atoms with E-state index < -0.39 is 22.3 Å². The molecule has 17 heavy (non-hydrogen) atoms. The zero-order valence-corrected chi connectivity index (χ0v) is 9.47. The highest BCUT2D eigenvalue weighted by Crippen LogP contribution is 2.28. The summed E-state index contributed by atoms with van der Waals surface area (Å²) in [5.41, 5.74) is -0.538. The minimum absolute atomic E-state index is 0.0738. The van der Waals surface area contributed by atoms with Gasteiger partial charge in [0.2, 0.25) is 5.75 Å². The molecule has 0 radical (unpaired) electrons. The molecule has 0 unspecified atom stereocenters. The highest BCUT2D eigenvalue weighted by molar-refractivity contribution is 5.98. The molecule has 1 aromatic carbocycles. The van der Waals surface area contributed by atoms with Gasteiger partial charge >= 0.3 is 5.69 Å². The standard InChI is InChI=1S/C11H14N2O4/c1-2-3-7-12-11(15)8-5-4-6-9(10(8)14)13(16)17/h4-6,14H,2-3,7H2,1H3,(H,12,15). The number of aromatic hydroxyl groups is 1. The van der Waals surface area contributed by atoms with Gasteiger partial charge in [0.25, 0.3) is 5.91 Å². The van der Waals surface area contributed by atoms with Crippen LogP contribution in [0.2, 0.25) is 0 Å². The molecule has 0 heterocycles. The van der Waals surface area contributed by atoms with E-state index in [9.17, 15) is 20.0 Å². The van der Waals surface area contributed by atoms with Crippen molar-refractivity contribution >= 4 is 11.6 Å². The predicted molar refractivity (Wildman–Crippen MR) is 62.0 cm³/mol. The Morgan fingerprint density at radius 1 is 1.53 bits per heavy atom. The Balaban J connectivity index is 2.87. The fourth-order valence-electron chi connectivity index (χ4n) is 1.34. The lowest BCUT2D eigenvalue weighted by molar-refractivity contribution is -0.385. The fraction of sp³-hybridized carbons (Fsp3) is 0.364. The number of nitrogens with one attached hydrogen (secondary N) is 1. The van der Waals surface area contributed by atoms with Gasteiger partial charge < -0.3 is 10.4 Å². The summed E-state index contributed by atoms with van der Waals surface area (Å²) in [7, 11) is 0. The molecule has 6 heteroatoms. The second-order valence-corrected chi connectivity index (χ2v) is 3.54. The van der Waals surface area contributed by atoms with Crippen molar-refractivity contribution < 1.29 is 14.8 Å². The molecular weight excluding hydrogens is 224 g/mol. The van der Waals surface area contributed by atoms with Gasteiger partial charge in [-0.25, -0.2) is 0 Å². The quantitative estimate of drug-likeness (QED) is 0.465. The van der Waals surface area contributed by atoms with Crippen LogP contribution in [0.5, 0.6) is 5.75 Å². The van der Waals surface area contributed by atoms with E-state index in [1.54, 1.807) is 0 Å². The lowest BCUT2D eigenvalue weighted by atomic mass is 10.1. The van der Waals surface area contributed by atoms with Gasteiger partial charge in [0.1, 0.15) is 0 Å².